The average Bonchev–Trinajstić information content (AvgIpc) is 3.59. The Labute approximate surface area is 238 Å². The van der Waals surface area contributed by atoms with E-state index in [1.54, 1.807) is 29.7 Å². The Morgan fingerprint density at radius 3 is 2.95 bits per heavy atom. The van der Waals surface area contributed by atoms with Gasteiger partial charge < -0.3 is 15.8 Å². The van der Waals surface area contributed by atoms with Gasteiger partial charge in [0, 0.05) is 29.3 Å². The molecule has 1 aliphatic heterocycles. The highest BCUT2D eigenvalue weighted by molar-refractivity contribution is 9.10. The fraction of sp³-hybridized carbons (Fsp3) is 0.250. The van der Waals surface area contributed by atoms with Crippen LogP contribution in [0.3, 0.4) is 0 Å². The van der Waals surface area contributed by atoms with Gasteiger partial charge in [0.25, 0.3) is 0 Å². The van der Waals surface area contributed by atoms with Crippen LogP contribution in [0.15, 0.2) is 61.3 Å². The molecule has 10 nitrogen and oxygen atoms in total. The molecule has 3 heterocycles. The predicted octanol–water partition coefficient (Wildman–Crippen LogP) is 4.80. The van der Waals surface area contributed by atoms with E-state index in [0.717, 1.165) is 11.3 Å². The van der Waals surface area contributed by atoms with Gasteiger partial charge >= 0.3 is 0 Å². The van der Waals surface area contributed by atoms with E-state index in [1.807, 2.05) is 12.1 Å². The third-order valence-corrected chi connectivity index (χ3v) is 9.36. The van der Waals surface area contributed by atoms with Gasteiger partial charge in [-0.05, 0) is 46.5 Å². The molecule has 0 saturated carbocycles. The Kier molecular flexibility index (Phi) is 7.80. The van der Waals surface area contributed by atoms with Crippen LogP contribution >= 0.6 is 50.4 Å². The van der Waals surface area contributed by atoms with Crippen molar-refractivity contribution in [1.29, 1.82) is 5.26 Å². The topological polar surface area (TPSA) is 147 Å². The molecule has 0 fully saturated rings. The van der Waals surface area contributed by atoms with Crippen LogP contribution in [0.4, 0.5) is 10.3 Å². The molecular weight excluding hydrogens is 610 g/mol. The minimum absolute atomic E-state index is 0.0218. The van der Waals surface area contributed by atoms with Crippen molar-refractivity contribution in [3.63, 3.8) is 0 Å². The quantitative estimate of drug-likeness (QED) is 0.349. The van der Waals surface area contributed by atoms with E-state index in [1.165, 1.54) is 34.4 Å². The third kappa shape index (κ3) is 5.06. The smallest absolute Gasteiger partial charge is 0.236 e. The summed E-state index contributed by atoms with van der Waals surface area (Å²) in [5.41, 5.74) is 8.91. The first-order valence-electron chi connectivity index (χ1n) is 11.4. The molecule has 0 saturated heterocycles. The number of rotatable bonds is 7. The molecule has 14 heteroatoms. The molecule has 38 heavy (non-hydrogen) atoms. The summed E-state index contributed by atoms with van der Waals surface area (Å²) < 4.78 is 6.62. The Morgan fingerprint density at radius 2 is 2.24 bits per heavy atom. The van der Waals surface area contributed by atoms with Crippen molar-refractivity contribution < 1.29 is 14.3 Å². The summed E-state index contributed by atoms with van der Waals surface area (Å²) in [6, 6.07) is 7.74. The molecule has 0 radical (unpaired) electrons. The summed E-state index contributed by atoms with van der Waals surface area (Å²) in [4.78, 5) is 31.3. The number of nitrogens with two attached hydrogens (primary N) is 1. The van der Waals surface area contributed by atoms with Crippen molar-refractivity contribution in [3.8, 4) is 11.8 Å². The zero-order valence-electron chi connectivity index (χ0n) is 19.9. The van der Waals surface area contributed by atoms with Crippen molar-refractivity contribution in [2.45, 2.75) is 29.5 Å². The summed E-state index contributed by atoms with van der Waals surface area (Å²) in [5.74, 6) is 0.160. The van der Waals surface area contributed by atoms with Crippen molar-refractivity contribution >= 4 is 72.3 Å². The number of benzene rings is 1. The zero-order valence-corrected chi connectivity index (χ0v) is 24.0. The number of hydrogen-bond donors (Lipinski definition) is 2. The van der Waals surface area contributed by atoms with Crippen molar-refractivity contribution in [3.05, 3.63) is 62.5 Å². The number of thiazole rings is 1. The van der Waals surface area contributed by atoms with Crippen LogP contribution in [-0.4, -0.2) is 39.7 Å². The summed E-state index contributed by atoms with van der Waals surface area (Å²) >= 11 is 7.33. The summed E-state index contributed by atoms with van der Waals surface area (Å²) in [6.45, 7) is 0. The van der Waals surface area contributed by atoms with E-state index < -0.39 is 5.92 Å². The van der Waals surface area contributed by atoms with E-state index in [-0.39, 0.29) is 28.8 Å². The molecule has 5 rings (SSSR count). The molecule has 3 aromatic rings. The number of nitrogens with zero attached hydrogens (tertiary/aromatic N) is 5. The number of carbonyl (C=O) groups excluding carboxylic acids is 2. The molecule has 0 spiro atoms. The van der Waals surface area contributed by atoms with Gasteiger partial charge in [-0.1, -0.05) is 29.2 Å². The minimum atomic E-state index is -0.599. The maximum atomic E-state index is 13.3. The Balaban J connectivity index is 1.47. The van der Waals surface area contributed by atoms with Crippen molar-refractivity contribution in [1.82, 2.24) is 15.2 Å². The van der Waals surface area contributed by atoms with Crippen molar-refractivity contribution in [2.75, 3.05) is 23.1 Å². The van der Waals surface area contributed by atoms with Crippen LogP contribution in [0, 0.1) is 11.3 Å². The monoisotopic (exact) mass is 629 g/mol. The number of ketones is 1. The van der Waals surface area contributed by atoms with Gasteiger partial charge in [-0.3, -0.25) is 14.5 Å². The largest absolute Gasteiger partial charge is 0.496 e. The highest BCUT2D eigenvalue weighted by Crippen LogP contribution is 2.47. The number of methoxy groups -OCH3 is 1. The molecule has 194 valence electrons. The first-order chi connectivity index (χ1) is 18.4. The molecule has 1 aromatic carbocycles. The lowest BCUT2D eigenvalue weighted by Gasteiger charge is -2.38. The number of halogens is 1. The van der Waals surface area contributed by atoms with E-state index in [9.17, 15) is 14.9 Å². The Bertz CT molecular complexity index is 1510. The maximum absolute atomic E-state index is 13.3. The number of hydrogen-bond acceptors (Lipinski definition) is 12. The van der Waals surface area contributed by atoms with Crippen molar-refractivity contribution in [2.24, 2.45) is 5.73 Å². The van der Waals surface area contributed by atoms with Crippen LogP contribution in [0.5, 0.6) is 5.75 Å². The highest BCUT2D eigenvalue weighted by atomic mass is 79.9. The SMILES string of the molecule is COc1ccc(C2C(C#N)=C(N)N(c3nnc(SCC(=O)Nc4nccs4)s3)C3=C2C(=O)CCC3)cc1Br. The number of nitriles is 1. The van der Waals surface area contributed by atoms with Gasteiger partial charge in [0.2, 0.25) is 11.0 Å². The zero-order chi connectivity index (χ0) is 26.8. The molecule has 2 aromatic heterocycles. The fourth-order valence-corrected chi connectivity index (χ4v) is 7.20. The van der Waals surface area contributed by atoms with Crippen LogP contribution in [0.1, 0.15) is 30.7 Å². The van der Waals surface area contributed by atoms with E-state index in [0.29, 0.717) is 49.7 Å². The average molecular weight is 631 g/mol. The third-order valence-electron chi connectivity index (χ3n) is 6.01. The van der Waals surface area contributed by atoms with Gasteiger partial charge in [0.05, 0.1) is 34.9 Å². The second kappa shape index (κ2) is 11.2. The van der Waals surface area contributed by atoms with Gasteiger partial charge in [-0.25, -0.2) is 4.98 Å². The molecule has 1 amide bonds. The number of carbonyl (C=O) groups is 2. The minimum Gasteiger partial charge on any atom is -0.496 e. The number of nitrogens with one attached hydrogen (secondary N) is 1. The molecule has 1 unspecified atom stereocenters. The molecule has 0 bridgehead atoms. The lowest BCUT2D eigenvalue weighted by Crippen LogP contribution is -2.38. The van der Waals surface area contributed by atoms with Gasteiger partial charge in [-0.2, -0.15) is 5.26 Å². The number of anilines is 2. The number of thioether (sulfide) groups is 1. The van der Waals surface area contributed by atoms with Crippen LogP contribution in [0.25, 0.3) is 0 Å². The van der Waals surface area contributed by atoms with E-state index in [4.69, 9.17) is 10.5 Å². The number of aromatic nitrogens is 3. The fourth-order valence-electron chi connectivity index (χ4n) is 4.42. The molecule has 3 N–H and O–H groups in total. The lowest BCUT2D eigenvalue weighted by molar-refractivity contribution is -0.116. The standard InChI is InChI=1S/C24H20BrN7O3S3/c1-35-17-6-5-12(9-14(17)25)19-13(10-26)21(27)32(15-3-2-4-16(33)20(15)19)23-30-31-24(38-23)37-11-18(34)29-22-28-7-8-36-22/h5-9,19H,2-4,11,27H2,1H3,(H,28,29,34). The predicted molar refractivity (Wildman–Crippen MR) is 150 cm³/mol. The molecule has 1 atom stereocenters. The van der Waals surface area contributed by atoms with Crippen LogP contribution < -0.4 is 20.7 Å². The lowest BCUT2D eigenvalue weighted by atomic mass is 9.76. The number of ether oxygens (including phenoxy) is 1. The number of allylic oxidation sites excluding steroid dienone is 3. The van der Waals surface area contributed by atoms with Gasteiger partial charge in [0.1, 0.15) is 11.6 Å². The first kappa shape index (κ1) is 26.4. The highest BCUT2D eigenvalue weighted by Gasteiger charge is 2.41. The van der Waals surface area contributed by atoms with Gasteiger partial charge in [0.15, 0.2) is 15.3 Å². The molecule has 1 aliphatic carbocycles. The summed E-state index contributed by atoms with van der Waals surface area (Å²) in [7, 11) is 1.57. The summed E-state index contributed by atoms with van der Waals surface area (Å²) in [5, 5.41) is 24.2. The maximum Gasteiger partial charge on any atom is 0.236 e. The second-order valence-electron chi connectivity index (χ2n) is 8.23. The van der Waals surface area contributed by atoms with E-state index in [2.05, 4.69) is 42.5 Å². The first-order valence-corrected chi connectivity index (χ1v) is 14.8. The summed E-state index contributed by atoms with van der Waals surface area (Å²) in [6.07, 6.45) is 3.28. The van der Waals surface area contributed by atoms with Crippen LogP contribution in [-0.2, 0) is 9.59 Å². The molecule has 2 aliphatic rings. The number of amides is 1. The number of Topliss-reactive ketones (excluding diaryl/α,β-unsaturated/α-hetero) is 1. The second-order valence-corrected chi connectivity index (χ2v) is 12.2. The Morgan fingerprint density at radius 1 is 1.39 bits per heavy atom. The molecular formula is C24H20BrN7O3S3. The Hall–Kier alpha value is -3.25. The van der Waals surface area contributed by atoms with Gasteiger partial charge in [-0.15, -0.1) is 21.5 Å². The van der Waals surface area contributed by atoms with Crippen LogP contribution in [0.2, 0.25) is 0 Å². The van der Waals surface area contributed by atoms with E-state index >= 15 is 0 Å². The normalized spacial score (nSPS) is 17.3.